The summed E-state index contributed by atoms with van der Waals surface area (Å²) in [5, 5.41) is 2.73. The molecule has 5 nitrogen and oxygen atoms in total. The first-order valence-corrected chi connectivity index (χ1v) is 7.06. The summed E-state index contributed by atoms with van der Waals surface area (Å²) >= 11 is 0. The van der Waals surface area contributed by atoms with Crippen molar-refractivity contribution in [1.82, 2.24) is 5.32 Å². The fourth-order valence-corrected chi connectivity index (χ4v) is 1.37. The number of Topliss-reactive ketones (excluding diaryl/α,β-unsaturated/α-hetero) is 1. The summed E-state index contributed by atoms with van der Waals surface area (Å²) in [6, 6.07) is 0. The molecule has 0 heterocycles. The Labute approximate surface area is 126 Å². The number of carbonyl (C=O) groups is 2. The molecule has 0 atom stereocenters. The fraction of sp³-hybridized carbons (Fsp3) is 0.867. The number of hydrogen-bond acceptors (Lipinski definition) is 4. The highest BCUT2D eigenvalue weighted by Gasteiger charge is 2.23. The minimum atomic E-state index is -0.486. The van der Waals surface area contributed by atoms with Crippen molar-refractivity contribution in [3.05, 3.63) is 0 Å². The highest BCUT2D eigenvalue weighted by atomic mass is 19.1. The molecule has 0 saturated carbocycles. The molecule has 0 aromatic rings. The van der Waals surface area contributed by atoms with Crippen LogP contribution in [0.25, 0.3) is 0 Å². The molecular weight excluding hydrogens is 277 g/mol. The monoisotopic (exact) mass is 305 g/mol. The lowest BCUT2D eigenvalue weighted by Crippen LogP contribution is -2.39. The fourth-order valence-electron chi connectivity index (χ4n) is 1.37. The van der Waals surface area contributed by atoms with Gasteiger partial charge in [-0.25, -0.2) is 0 Å². The molecule has 6 heteroatoms. The topological polar surface area (TPSA) is 64.6 Å². The van der Waals surface area contributed by atoms with Crippen molar-refractivity contribution < 1.29 is 23.5 Å². The van der Waals surface area contributed by atoms with Crippen molar-refractivity contribution in [2.24, 2.45) is 10.8 Å². The Balaban J connectivity index is 3.90. The van der Waals surface area contributed by atoms with Crippen LogP contribution < -0.4 is 5.32 Å². The average Bonchev–Trinajstić information content (AvgIpc) is 2.35. The number of rotatable bonds is 11. The highest BCUT2D eigenvalue weighted by molar-refractivity contribution is 5.79. The second-order valence-electron chi connectivity index (χ2n) is 6.93. The van der Waals surface area contributed by atoms with Crippen LogP contribution in [0.3, 0.4) is 0 Å². The third kappa shape index (κ3) is 11.3. The van der Waals surface area contributed by atoms with E-state index in [9.17, 15) is 14.0 Å². The van der Waals surface area contributed by atoms with Gasteiger partial charge in [0.05, 0.1) is 19.9 Å². The van der Waals surface area contributed by atoms with Gasteiger partial charge in [0.15, 0.2) is 5.78 Å². The molecule has 0 radical (unpaired) electrons. The third-order valence-corrected chi connectivity index (χ3v) is 2.65. The van der Waals surface area contributed by atoms with Crippen molar-refractivity contribution in [3.63, 3.8) is 0 Å². The van der Waals surface area contributed by atoms with Crippen LogP contribution in [-0.4, -0.2) is 51.3 Å². The average molecular weight is 305 g/mol. The van der Waals surface area contributed by atoms with Gasteiger partial charge in [0.1, 0.15) is 13.2 Å². The summed E-state index contributed by atoms with van der Waals surface area (Å²) in [6.07, 6.45) is 0. The summed E-state index contributed by atoms with van der Waals surface area (Å²) in [4.78, 5) is 22.2. The lowest BCUT2D eigenvalue weighted by Gasteiger charge is -2.27. The SMILES string of the molecule is CC(=O)COCC(=O)NCC(C)(C)COCC(C)(C)CF. The van der Waals surface area contributed by atoms with Crippen LogP contribution in [0.1, 0.15) is 34.6 Å². The van der Waals surface area contributed by atoms with Crippen molar-refractivity contribution in [2.75, 3.05) is 39.6 Å². The van der Waals surface area contributed by atoms with Crippen molar-refractivity contribution >= 4 is 11.7 Å². The molecule has 0 aromatic heterocycles. The molecule has 0 aliphatic carbocycles. The number of alkyl halides is 1. The summed E-state index contributed by atoms with van der Waals surface area (Å²) in [5.74, 6) is -0.388. The van der Waals surface area contributed by atoms with Crippen LogP contribution in [0, 0.1) is 10.8 Å². The predicted molar refractivity (Wildman–Crippen MR) is 78.9 cm³/mol. The lowest BCUT2D eigenvalue weighted by atomic mass is 9.94. The Kier molecular flexibility index (Phi) is 8.66. The van der Waals surface area contributed by atoms with Crippen molar-refractivity contribution in [3.8, 4) is 0 Å². The Morgan fingerprint density at radius 2 is 1.57 bits per heavy atom. The van der Waals surface area contributed by atoms with Crippen molar-refractivity contribution in [1.29, 1.82) is 0 Å². The van der Waals surface area contributed by atoms with Gasteiger partial charge in [-0.15, -0.1) is 0 Å². The molecule has 0 aromatic carbocycles. The molecule has 0 aliphatic heterocycles. The summed E-state index contributed by atoms with van der Waals surface area (Å²) in [6.45, 7) is 9.46. The number of ketones is 1. The Morgan fingerprint density at radius 3 is 2.10 bits per heavy atom. The first kappa shape index (κ1) is 20.0. The number of nitrogens with one attached hydrogen (secondary N) is 1. The zero-order valence-electron chi connectivity index (χ0n) is 13.8. The molecule has 0 bridgehead atoms. The van der Waals surface area contributed by atoms with Gasteiger partial charge in [-0.2, -0.15) is 0 Å². The molecule has 0 rings (SSSR count). The standard InChI is InChI=1S/C15H28FNO4/c1-12(18)6-20-7-13(19)17-9-15(4,5)11-21-10-14(2,3)8-16/h6-11H2,1-5H3,(H,17,19). The molecule has 21 heavy (non-hydrogen) atoms. The molecular formula is C15H28FNO4. The maximum absolute atomic E-state index is 12.6. The Bertz CT molecular complexity index is 343. The summed E-state index contributed by atoms with van der Waals surface area (Å²) < 4.78 is 23.1. The minimum Gasteiger partial charge on any atom is -0.380 e. The number of carbonyl (C=O) groups excluding carboxylic acids is 2. The van der Waals surface area contributed by atoms with Gasteiger partial charge in [0, 0.05) is 17.4 Å². The number of hydrogen-bond donors (Lipinski definition) is 1. The first-order valence-electron chi connectivity index (χ1n) is 7.06. The van der Waals surface area contributed by atoms with Gasteiger partial charge in [-0.1, -0.05) is 27.7 Å². The van der Waals surface area contributed by atoms with E-state index in [2.05, 4.69) is 5.32 Å². The van der Waals surface area contributed by atoms with Gasteiger partial charge in [-0.3, -0.25) is 14.0 Å². The van der Waals surface area contributed by atoms with E-state index >= 15 is 0 Å². The summed E-state index contributed by atoms with van der Waals surface area (Å²) in [7, 11) is 0. The molecule has 124 valence electrons. The number of halogens is 1. The second kappa shape index (κ2) is 9.10. The predicted octanol–water partition coefficient (Wildman–Crippen LogP) is 1.75. The van der Waals surface area contributed by atoms with Gasteiger partial charge >= 0.3 is 0 Å². The van der Waals surface area contributed by atoms with E-state index in [1.54, 1.807) is 13.8 Å². The number of ether oxygens (including phenoxy) is 2. The van der Waals surface area contributed by atoms with Crippen LogP contribution in [-0.2, 0) is 19.1 Å². The van der Waals surface area contributed by atoms with E-state index in [0.29, 0.717) is 19.8 Å². The molecule has 0 aliphatic rings. The van der Waals surface area contributed by atoms with Gasteiger partial charge < -0.3 is 14.8 Å². The Hall–Kier alpha value is -1.01. The van der Waals surface area contributed by atoms with Crippen LogP contribution in [0.2, 0.25) is 0 Å². The van der Waals surface area contributed by atoms with Gasteiger partial charge in [-0.05, 0) is 6.92 Å². The van der Waals surface area contributed by atoms with E-state index in [0.717, 1.165) is 0 Å². The zero-order chi connectivity index (χ0) is 16.5. The maximum atomic E-state index is 12.6. The Morgan fingerprint density at radius 1 is 1.00 bits per heavy atom. The third-order valence-electron chi connectivity index (χ3n) is 2.65. The van der Waals surface area contributed by atoms with E-state index < -0.39 is 12.1 Å². The van der Waals surface area contributed by atoms with Crippen LogP contribution >= 0.6 is 0 Å². The van der Waals surface area contributed by atoms with Crippen LogP contribution in [0.15, 0.2) is 0 Å². The maximum Gasteiger partial charge on any atom is 0.246 e. The van der Waals surface area contributed by atoms with E-state index in [-0.39, 0.29) is 30.3 Å². The van der Waals surface area contributed by atoms with Crippen molar-refractivity contribution in [2.45, 2.75) is 34.6 Å². The number of amides is 1. The molecule has 1 amide bonds. The molecule has 0 saturated heterocycles. The molecule has 0 fully saturated rings. The quantitative estimate of drug-likeness (QED) is 0.631. The minimum absolute atomic E-state index is 0.0573. The van der Waals surface area contributed by atoms with Gasteiger partial charge in [0.2, 0.25) is 5.91 Å². The normalized spacial score (nSPS) is 12.3. The molecule has 0 unspecified atom stereocenters. The highest BCUT2D eigenvalue weighted by Crippen LogP contribution is 2.19. The lowest BCUT2D eigenvalue weighted by molar-refractivity contribution is -0.129. The largest absolute Gasteiger partial charge is 0.380 e. The van der Waals surface area contributed by atoms with E-state index in [1.807, 2.05) is 13.8 Å². The van der Waals surface area contributed by atoms with Crippen LogP contribution in [0.5, 0.6) is 0 Å². The molecule has 0 spiro atoms. The van der Waals surface area contributed by atoms with Gasteiger partial charge in [0.25, 0.3) is 0 Å². The molecule has 1 N–H and O–H groups in total. The van der Waals surface area contributed by atoms with Crippen LogP contribution in [0.4, 0.5) is 4.39 Å². The second-order valence-corrected chi connectivity index (χ2v) is 6.93. The van der Waals surface area contributed by atoms with E-state index in [4.69, 9.17) is 9.47 Å². The van der Waals surface area contributed by atoms with E-state index in [1.165, 1.54) is 6.92 Å². The summed E-state index contributed by atoms with van der Waals surface area (Å²) in [5.41, 5.74) is -0.748. The first-order chi connectivity index (χ1) is 9.58. The smallest absolute Gasteiger partial charge is 0.246 e. The zero-order valence-corrected chi connectivity index (χ0v) is 13.8.